The Kier molecular flexibility index (Phi) is 3.57. The van der Waals surface area contributed by atoms with Crippen molar-refractivity contribution < 1.29 is 8.42 Å². The first-order valence-electron chi connectivity index (χ1n) is 5.25. The number of aromatic nitrogens is 1. The Hall–Kier alpha value is -1.55. The molecule has 1 aliphatic heterocycles. The molecule has 2 unspecified atom stereocenters. The molecule has 0 bridgehead atoms. The smallest absolute Gasteiger partial charge is 0.243 e. The fourth-order valence-corrected chi connectivity index (χ4v) is 2.79. The van der Waals surface area contributed by atoms with Crippen molar-refractivity contribution in [3.05, 3.63) is 24.5 Å². The number of amidine groups is 1. The molecular weight excluding hydrogens is 256 g/mol. The highest BCUT2D eigenvalue weighted by Gasteiger charge is 2.32. The standard InChI is InChI=1S/C9H14N6O2S/c10-8(11)7-5-13-14-9(7)15-18(16,17)6-2-1-3-12-4-6/h1-4,7,9,13-15H,5H2,(H3,10,11). The average molecular weight is 270 g/mol. The van der Waals surface area contributed by atoms with Gasteiger partial charge in [-0.25, -0.2) is 13.8 Å². The van der Waals surface area contributed by atoms with Crippen LogP contribution in [0.15, 0.2) is 29.4 Å². The van der Waals surface area contributed by atoms with E-state index in [1.165, 1.54) is 24.5 Å². The van der Waals surface area contributed by atoms with Gasteiger partial charge in [0, 0.05) is 18.9 Å². The van der Waals surface area contributed by atoms with Crippen LogP contribution < -0.4 is 21.3 Å². The predicted molar refractivity (Wildman–Crippen MR) is 64.9 cm³/mol. The van der Waals surface area contributed by atoms with Crippen molar-refractivity contribution in [3.63, 3.8) is 0 Å². The first-order chi connectivity index (χ1) is 8.50. The van der Waals surface area contributed by atoms with Crippen molar-refractivity contribution in [1.29, 1.82) is 5.41 Å². The highest BCUT2D eigenvalue weighted by molar-refractivity contribution is 7.89. The third-order valence-electron chi connectivity index (χ3n) is 2.61. The van der Waals surface area contributed by atoms with Crippen molar-refractivity contribution in [2.24, 2.45) is 11.7 Å². The lowest BCUT2D eigenvalue weighted by molar-refractivity contribution is 0.482. The second-order valence-electron chi connectivity index (χ2n) is 3.87. The average Bonchev–Trinajstić information content (AvgIpc) is 2.78. The summed E-state index contributed by atoms with van der Waals surface area (Å²) in [5.41, 5.74) is 10.9. The molecular formula is C9H14N6O2S. The summed E-state index contributed by atoms with van der Waals surface area (Å²) in [4.78, 5) is 3.83. The first-order valence-corrected chi connectivity index (χ1v) is 6.73. The zero-order chi connectivity index (χ0) is 13.2. The number of nitrogens with zero attached hydrogens (tertiary/aromatic N) is 1. The first kappa shape index (κ1) is 12.9. The van der Waals surface area contributed by atoms with Gasteiger partial charge in [0.1, 0.15) is 4.90 Å². The Morgan fingerprint density at radius 1 is 1.61 bits per heavy atom. The second-order valence-corrected chi connectivity index (χ2v) is 5.59. The van der Waals surface area contributed by atoms with Crippen LogP contribution in [0, 0.1) is 11.3 Å². The van der Waals surface area contributed by atoms with Crippen LogP contribution in [-0.4, -0.2) is 31.9 Å². The molecule has 0 aliphatic carbocycles. The maximum absolute atomic E-state index is 12.0. The molecule has 0 saturated carbocycles. The molecule has 98 valence electrons. The normalized spacial score (nSPS) is 24.0. The molecule has 1 aliphatic rings. The number of nitrogens with one attached hydrogen (secondary N) is 4. The summed E-state index contributed by atoms with van der Waals surface area (Å²) >= 11 is 0. The highest BCUT2D eigenvalue weighted by Crippen LogP contribution is 2.11. The minimum Gasteiger partial charge on any atom is -0.387 e. The number of rotatable bonds is 4. The van der Waals surface area contributed by atoms with Crippen molar-refractivity contribution in [2.45, 2.75) is 11.1 Å². The molecule has 2 rings (SSSR count). The van der Waals surface area contributed by atoms with Crippen LogP contribution in [0.3, 0.4) is 0 Å². The van der Waals surface area contributed by atoms with Crippen LogP contribution in [0.1, 0.15) is 0 Å². The minimum atomic E-state index is -3.68. The molecule has 1 aromatic heterocycles. The molecule has 1 fully saturated rings. The SMILES string of the molecule is N=C(N)C1CNNC1NS(=O)(=O)c1cccnc1. The fraction of sp³-hybridized carbons (Fsp3) is 0.333. The molecule has 18 heavy (non-hydrogen) atoms. The summed E-state index contributed by atoms with van der Waals surface area (Å²) in [6.07, 6.45) is 2.10. The molecule has 0 radical (unpaired) electrons. The Bertz CT molecular complexity index is 531. The molecule has 1 aromatic rings. The lowest BCUT2D eigenvalue weighted by Crippen LogP contribution is -2.49. The van der Waals surface area contributed by atoms with Gasteiger partial charge in [-0.1, -0.05) is 0 Å². The largest absolute Gasteiger partial charge is 0.387 e. The number of hydrazine groups is 1. The fourth-order valence-electron chi connectivity index (χ4n) is 1.64. The van der Waals surface area contributed by atoms with E-state index in [1.54, 1.807) is 0 Å². The summed E-state index contributed by atoms with van der Waals surface area (Å²) in [5, 5.41) is 7.39. The summed E-state index contributed by atoms with van der Waals surface area (Å²) in [6.45, 7) is 0.398. The number of pyridine rings is 1. The zero-order valence-electron chi connectivity index (χ0n) is 9.42. The van der Waals surface area contributed by atoms with Gasteiger partial charge in [0.25, 0.3) is 0 Å². The number of hydrogen-bond donors (Lipinski definition) is 5. The maximum Gasteiger partial charge on any atom is 0.243 e. The van der Waals surface area contributed by atoms with Gasteiger partial charge in [0.15, 0.2) is 0 Å². The predicted octanol–water partition coefficient (Wildman–Crippen LogP) is -1.65. The van der Waals surface area contributed by atoms with Crippen LogP contribution in [-0.2, 0) is 10.0 Å². The van der Waals surface area contributed by atoms with Gasteiger partial charge in [-0.3, -0.25) is 15.8 Å². The zero-order valence-corrected chi connectivity index (χ0v) is 10.2. The van der Waals surface area contributed by atoms with E-state index < -0.39 is 22.1 Å². The molecule has 8 nitrogen and oxygen atoms in total. The molecule has 0 amide bonds. The Labute approximate surface area is 105 Å². The van der Waals surface area contributed by atoms with Crippen LogP contribution in [0.5, 0.6) is 0 Å². The van der Waals surface area contributed by atoms with Crippen LogP contribution in [0.25, 0.3) is 0 Å². The molecule has 0 aromatic carbocycles. The Morgan fingerprint density at radius 3 is 3.00 bits per heavy atom. The van der Waals surface area contributed by atoms with E-state index in [2.05, 4.69) is 20.6 Å². The quantitative estimate of drug-likeness (QED) is 0.329. The topological polar surface area (TPSA) is 133 Å². The lowest BCUT2D eigenvalue weighted by Gasteiger charge is -2.18. The number of hydrogen-bond acceptors (Lipinski definition) is 6. The van der Waals surface area contributed by atoms with Crippen molar-refractivity contribution >= 4 is 15.9 Å². The monoisotopic (exact) mass is 270 g/mol. The Balaban J connectivity index is 2.16. The van der Waals surface area contributed by atoms with Gasteiger partial charge in [0.2, 0.25) is 10.0 Å². The van der Waals surface area contributed by atoms with E-state index in [-0.39, 0.29) is 10.7 Å². The molecule has 2 atom stereocenters. The van der Waals surface area contributed by atoms with Crippen LogP contribution >= 0.6 is 0 Å². The van der Waals surface area contributed by atoms with E-state index in [0.29, 0.717) is 6.54 Å². The van der Waals surface area contributed by atoms with E-state index in [1.807, 2.05) is 0 Å². The summed E-state index contributed by atoms with van der Waals surface area (Å²) in [6, 6.07) is 2.98. The molecule has 9 heteroatoms. The van der Waals surface area contributed by atoms with Gasteiger partial charge in [-0.2, -0.15) is 4.72 Å². The van der Waals surface area contributed by atoms with Gasteiger partial charge in [-0.05, 0) is 12.1 Å². The second kappa shape index (κ2) is 4.98. The van der Waals surface area contributed by atoms with Crippen LogP contribution in [0.2, 0.25) is 0 Å². The van der Waals surface area contributed by atoms with Gasteiger partial charge < -0.3 is 5.73 Å². The van der Waals surface area contributed by atoms with Crippen LogP contribution in [0.4, 0.5) is 0 Å². The third kappa shape index (κ3) is 2.64. The molecule has 6 N–H and O–H groups in total. The summed E-state index contributed by atoms with van der Waals surface area (Å²) < 4.78 is 26.5. The number of nitrogens with two attached hydrogens (primary N) is 1. The van der Waals surface area contributed by atoms with Crippen molar-refractivity contribution in [3.8, 4) is 0 Å². The van der Waals surface area contributed by atoms with E-state index in [4.69, 9.17) is 11.1 Å². The van der Waals surface area contributed by atoms with E-state index in [0.717, 1.165) is 0 Å². The van der Waals surface area contributed by atoms with Gasteiger partial charge >= 0.3 is 0 Å². The minimum absolute atomic E-state index is 0.0704. The lowest BCUT2D eigenvalue weighted by atomic mass is 10.1. The highest BCUT2D eigenvalue weighted by atomic mass is 32.2. The van der Waals surface area contributed by atoms with Gasteiger partial charge in [-0.15, -0.1) is 0 Å². The summed E-state index contributed by atoms with van der Waals surface area (Å²) in [5.74, 6) is -0.497. The van der Waals surface area contributed by atoms with Crippen molar-refractivity contribution in [2.75, 3.05) is 6.54 Å². The Morgan fingerprint density at radius 2 is 2.39 bits per heavy atom. The maximum atomic E-state index is 12.0. The molecule has 1 saturated heterocycles. The number of sulfonamides is 1. The third-order valence-corrected chi connectivity index (χ3v) is 4.03. The van der Waals surface area contributed by atoms with E-state index in [9.17, 15) is 8.42 Å². The summed E-state index contributed by atoms with van der Waals surface area (Å²) in [7, 11) is -3.68. The van der Waals surface area contributed by atoms with Gasteiger partial charge in [0.05, 0.1) is 17.9 Å². The molecule has 0 spiro atoms. The van der Waals surface area contributed by atoms with E-state index >= 15 is 0 Å². The molecule has 2 heterocycles. The van der Waals surface area contributed by atoms with Crippen molar-refractivity contribution in [1.82, 2.24) is 20.6 Å².